The van der Waals surface area contributed by atoms with Crippen LogP contribution in [-0.4, -0.2) is 55.7 Å². The number of guanidine groups is 1. The standard InChI is InChI=1S/C21H35N5O2.HI/c1-4-23-21(25-18-10-13-26(14-11-18)20(22)27)24-12-9-17-5-7-19(8-6-17)28-15-16(2)3;/h5-8,16,18H,4,9-15H2,1-3H3,(H2,22,27)(H2,23,24,25);1H. The van der Waals surface area contributed by atoms with E-state index in [1.807, 2.05) is 12.1 Å². The van der Waals surface area contributed by atoms with E-state index >= 15 is 0 Å². The summed E-state index contributed by atoms with van der Waals surface area (Å²) in [6, 6.07) is 8.23. The van der Waals surface area contributed by atoms with Gasteiger partial charge in [0.2, 0.25) is 0 Å². The zero-order valence-corrected chi connectivity index (χ0v) is 20.1. The number of urea groups is 1. The Morgan fingerprint density at radius 1 is 1.28 bits per heavy atom. The highest BCUT2D eigenvalue weighted by Gasteiger charge is 2.21. The van der Waals surface area contributed by atoms with Gasteiger partial charge in [-0.15, -0.1) is 24.0 Å². The van der Waals surface area contributed by atoms with E-state index in [-0.39, 0.29) is 30.0 Å². The van der Waals surface area contributed by atoms with Crippen molar-refractivity contribution in [1.82, 2.24) is 15.5 Å². The Kier molecular flexibility index (Phi) is 11.8. The fourth-order valence-corrected chi connectivity index (χ4v) is 3.07. The minimum absolute atomic E-state index is 0. The molecule has 29 heavy (non-hydrogen) atoms. The van der Waals surface area contributed by atoms with Crippen molar-refractivity contribution in [1.29, 1.82) is 0 Å². The van der Waals surface area contributed by atoms with Gasteiger partial charge in [0, 0.05) is 32.2 Å². The van der Waals surface area contributed by atoms with Gasteiger partial charge in [-0.1, -0.05) is 26.0 Å². The fourth-order valence-electron chi connectivity index (χ4n) is 3.07. The molecule has 0 bridgehead atoms. The van der Waals surface area contributed by atoms with Gasteiger partial charge in [-0.2, -0.15) is 0 Å². The molecule has 1 aliphatic rings. The summed E-state index contributed by atoms with van der Waals surface area (Å²) >= 11 is 0. The number of nitrogens with zero attached hydrogens (tertiary/aromatic N) is 2. The molecule has 0 aliphatic carbocycles. The molecule has 164 valence electrons. The van der Waals surface area contributed by atoms with Crippen molar-refractivity contribution >= 4 is 36.0 Å². The van der Waals surface area contributed by atoms with Crippen LogP contribution in [-0.2, 0) is 6.42 Å². The van der Waals surface area contributed by atoms with Crippen molar-refractivity contribution < 1.29 is 9.53 Å². The lowest BCUT2D eigenvalue weighted by atomic mass is 10.1. The predicted molar refractivity (Wildman–Crippen MR) is 129 cm³/mol. The van der Waals surface area contributed by atoms with Gasteiger partial charge in [-0.3, -0.25) is 4.99 Å². The third kappa shape index (κ3) is 9.56. The summed E-state index contributed by atoms with van der Waals surface area (Å²) in [6.45, 7) is 9.99. The van der Waals surface area contributed by atoms with Crippen LogP contribution in [0.4, 0.5) is 4.79 Å². The molecule has 0 atom stereocenters. The number of rotatable bonds is 8. The largest absolute Gasteiger partial charge is 0.493 e. The number of carbonyl (C=O) groups is 1. The molecular weight excluding hydrogens is 481 g/mol. The number of nitrogens with two attached hydrogens (primary N) is 1. The SMILES string of the molecule is CCNC(=NCCc1ccc(OCC(C)C)cc1)NC1CCN(C(N)=O)CC1.I. The Morgan fingerprint density at radius 2 is 1.93 bits per heavy atom. The van der Waals surface area contributed by atoms with Crippen LogP contribution in [0.5, 0.6) is 5.75 Å². The molecule has 2 rings (SSSR count). The molecule has 0 saturated carbocycles. The first-order chi connectivity index (χ1) is 13.5. The highest BCUT2D eigenvalue weighted by atomic mass is 127. The average molecular weight is 517 g/mol. The van der Waals surface area contributed by atoms with E-state index in [0.717, 1.165) is 44.1 Å². The number of aliphatic imine (C=N–C) groups is 1. The second kappa shape index (κ2) is 13.5. The summed E-state index contributed by atoms with van der Waals surface area (Å²) in [5.74, 6) is 2.27. The van der Waals surface area contributed by atoms with Gasteiger partial charge < -0.3 is 26.0 Å². The quantitative estimate of drug-likeness (QED) is 0.281. The fraction of sp³-hybridized carbons (Fsp3) is 0.619. The molecule has 0 aromatic heterocycles. The van der Waals surface area contributed by atoms with Gasteiger partial charge in [0.1, 0.15) is 5.75 Å². The molecule has 1 heterocycles. The van der Waals surface area contributed by atoms with Crippen LogP contribution in [0.15, 0.2) is 29.3 Å². The summed E-state index contributed by atoms with van der Waals surface area (Å²) < 4.78 is 5.72. The third-order valence-corrected chi connectivity index (χ3v) is 4.67. The number of hydrogen-bond acceptors (Lipinski definition) is 3. The maximum absolute atomic E-state index is 11.2. The molecule has 4 N–H and O–H groups in total. The Bertz CT molecular complexity index is 628. The van der Waals surface area contributed by atoms with Crippen molar-refractivity contribution in [2.24, 2.45) is 16.6 Å². The molecule has 1 fully saturated rings. The summed E-state index contributed by atoms with van der Waals surface area (Å²) in [6.07, 6.45) is 2.64. The lowest BCUT2D eigenvalue weighted by Gasteiger charge is -2.32. The van der Waals surface area contributed by atoms with Crippen LogP contribution in [0.2, 0.25) is 0 Å². The number of benzene rings is 1. The zero-order chi connectivity index (χ0) is 20.4. The van der Waals surface area contributed by atoms with Gasteiger partial charge in [-0.25, -0.2) is 4.79 Å². The number of likely N-dealkylation sites (tertiary alicyclic amines) is 1. The van der Waals surface area contributed by atoms with Crippen molar-refractivity contribution in [3.63, 3.8) is 0 Å². The van der Waals surface area contributed by atoms with Crippen molar-refractivity contribution in [3.8, 4) is 5.75 Å². The molecule has 0 spiro atoms. The van der Waals surface area contributed by atoms with E-state index in [1.54, 1.807) is 4.90 Å². The Hall–Kier alpha value is -1.71. The number of primary amides is 1. The van der Waals surface area contributed by atoms with Gasteiger partial charge in [0.25, 0.3) is 0 Å². The van der Waals surface area contributed by atoms with Crippen LogP contribution in [0, 0.1) is 5.92 Å². The van der Waals surface area contributed by atoms with Gasteiger partial charge in [0.05, 0.1) is 6.61 Å². The van der Waals surface area contributed by atoms with Crippen LogP contribution >= 0.6 is 24.0 Å². The third-order valence-electron chi connectivity index (χ3n) is 4.67. The van der Waals surface area contributed by atoms with E-state index in [1.165, 1.54) is 5.56 Å². The number of nitrogens with one attached hydrogen (secondary N) is 2. The first kappa shape index (κ1) is 25.3. The van der Waals surface area contributed by atoms with E-state index in [9.17, 15) is 4.79 Å². The van der Waals surface area contributed by atoms with Gasteiger partial charge in [0.15, 0.2) is 5.96 Å². The highest BCUT2D eigenvalue weighted by molar-refractivity contribution is 14.0. The smallest absolute Gasteiger partial charge is 0.314 e. The number of halogens is 1. The van der Waals surface area contributed by atoms with Crippen LogP contribution in [0.25, 0.3) is 0 Å². The van der Waals surface area contributed by atoms with Crippen molar-refractivity contribution in [2.75, 3.05) is 32.8 Å². The maximum Gasteiger partial charge on any atom is 0.314 e. The van der Waals surface area contributed by atoms with E-state index in [2.05, 4.69) is 43.5 Å². The Morgan fingerprint density at radius 3 is 2.48 bits per heavy atom. The Labute approximate surface area is 191 Å². The van der Waals surface area contributed by atoms with Crippen LogP contribution < -0.4 is 21.1 Å². The van der Waals surface area contributed by atoms with E-state index in [0.29, 0.717) is 31.6 Å². The molecule has 0 radical (unpaired) electrons. The molecule has 1 aliphatic heterocycles. The summed E-state index contributed by atoms with van der Waals surface area (Å²) in [5.41, 5.74) is 6.59. The number of piperidine rings is 1. The monoisotopic (exact) mass is 517 g/mol. The predicted octanol–water partition coefficient (Wildman–Crippen LogP) is 2.98. The minimum Gasteiger partial charge on any atom is -0.493 e. The second-order valence-corrected chi connectivity index (χ2v) is 7.60. The van der Waals surface area contributed by atoms with Crippen molar-refractivity contribution in [2.45, 2.75) is 46.1 Å². The molecule has 0 unspecified atom stereocenters. The van der Waals surface area contributed by atoms with Crippen molar-refractivity contribution in [3.05, 3.63) is 29.8 Å². The number of hydrogen-bond donors (Lipinski definition) is 3. The average Bonchev–Trinajstić information content (AvgIpc) is 2.68. The first-order valence-electron chi connectivity index (χ1n) is 10.3. The number of amides is 2. The van der Waals surface area contributed by atoms with Crippen LogP contribution in [0.1, 0.15) is 39.2 Å². The molecule has 7 nitrogen and oxygen atoms in total. The van der Waals surface area contributed by atoms with Gasteiger partial charge in [-0.05, 0) is 49.8 Å². The van der Waals surface area contributed by atoms with Crippen LogP contribution in [0.3, 0.4) is 0 Å². The number of ether oxygens (including phenoxy) is 1. The topological polar surface area (TPSA) is 92.0 Å². The molecule has 2 amide bonds. The molecule has 1 aromatic rings. The van der Waals surface area contributed by atoms with E-state index in [4.69, 9.17) is 15.5 Å². The zero-order valence-electron chi connectivity index (χ0n) is 17.8. The second-order valence-electron chi connectivity index (χ2n) is 7.60. The normalized spacial score (nSPS) is 15.0. The minimum atomic E-state index is -0.334. The van der Waals surface area contributed by atoms with E-state index < -0.39 is 0 Å². The first-order valence-corrected chi connectivity index (χ1v) is 10.3. The maximum atomic E-state index is 11.2. The Balaban J connectivity index is 0.00000420. The van der Waals surface area contributed by atoms with Gasteiger partial charge >= 0.3 is 6.03 Å². The summed E-state index contributed by atoms with van der Waals surface area (Å²) in [4.78, 5) is 17.6. The lowest BCUT2D eigenvalue weighted by Crippen LogP contribution is -2.50. The summed E-state index contributed by atoms with van der Waals surface area (Å²) in [7, 11) is 0. The molecule has 1 aromatic carbocycles. The number of carbonyl (C=O) groups excluding carboxylic acids is 1. The summed E-state index contributed by atoms with van der Waals surface area (Å²) in [5, 5.41) is 6.78. The highest BCUT2D eigenvalue weighted by Crippen LogP contribution is 2.14. The molecule has 8 heteroatoms. The molecule has 1 saturated heterocycles. The molecular formula is C21H36IN5O2. The lowest BCUT2D eigenvalue weighted by molar-refractivity contribution is 0.188.